The maximum Gasteiger partial charge on any atom is 0.234 e. The Bertz CT molecular complexity index is 309. The molecule has 0 saturated carbocycles. The Morgan fingerprint density at radius 1 is 1.33 bits per heavy atom. The Morgan fingerprint density at radius 3 is 2.40 bits per heavy atom. The van der Waals surface area contributed by atoms with Crippen molar-refractivity contribution in [3.8, 4) is 0 Å². The Morgan fingerprint density at radius 2 is 1.93 bits per heavy atom. The molecule has 0 bridgehead atoms. The summed E-state index contributed by atoms with van der Waals surface area (Å²) in [6, 6.07) is 9.95. The first-order valence-corrected chi connectivity index (χ1v) is 5.11. The summed E-state index contributed by atoms with van der Waals surface area (Å²) in [6.07, 6.45) is 1.65. The average molecular weight is 206 g/mol. The second-order valence-corrected chi connectivity index (χ2v) is 3.91. The minimum absolute atomic E-state index is 0.176. The first kappa shape index (κ1) is 11.7. The molecular formula is C12H18N2O. The first-order chi connectivity index (χ1) is 7.11. The molecule has 0 spiro atoms. The number of aryl methyl sites for hydroxylation is 1. The maximum atomic E-state index is 11.1. The number of hydrogen-bond acceptors (Lipinski definition) is 2. The summed E-state index contributed by atoms with van der Waals surface area (Å²) in [5.41, 5.74) is 6.56. The van der Waals surface area contributed by atoms with Gasteiger partial charge in [0.05, 0.1) is 6.04 Å². The smallest absolute Gasteiger partial charge is 0.234 e. The van der Waals surface area contributed by atoms with Gasteiger partial charge in [-0.3, -0.25) is 9.69 Å². The van der Waals surface area contributed by atoms with Crippen LogP contribution >= 0.6 is 0 Å². The number of rotatable bonds is 5. The van der Waals surface area contributed by atoms with Crippen LogP contribution in [0.15, 0.2) is 30.3 Å². The molecule has 1 atom stereocenters. The van der Waals surface area contributed by atoms with Crippen LogP contribution in [-0.2, 0) is 11.2 Å². The molecule has 2 N–H and O–H groups in total. The lowest BCUT2D eigenvalue weighted by atomic mass is 10.0. The van der Waals surface area contributed by atoms with Gasteiger partial charge in [-0.25, -0.2) is 0 Å². The Hall–Kier alpha value is -1.35. The van der Waals surface area contributed by atoms with Crippen LogP contribution in [0.25, 0.3) is 0 Å². The summed E-state index contributed by atoms with van der Waals surface area (Å²) in [6.45, 7) is 0. The van der Waals surface area contributed by atoms with E-state index in [0.717, 1.165) is 12.8 Å². The summed E-state index contributed by atoms with van der Waals surface area (Å²) in [5.74, 6) is -0.254. The van der Waals surface area contributed by atoms with E-state index in [1.165, 1.54) is 5.56 Å². The fourth-order valence-electron chi connectivity index (χ4n) is 1.60. The lowest BCUT2D eigenvalue weighted by Gasteiger charge is -2.20. The number of carbonyl (C=O) groups excluding carboxylic acids is 1. The fraction of sp³-hybridized carbons (Fsp3) is 0.417. The van der Waals surface area contributed by atoms with Crippen molar-refractivity contribution >= 4 is 5.91 Å². The molecule has 3 nitrogen and oxygen atoms in total. The monoisotopic (exact) mass is 206 g/mol. The summed E-state index contributed by atoms with van der Waals surface area (Å²) in [7, 11) is 3.75. The van der Waals surface area contributed by atoms with E-state index >= 15 is 0 Å². The summed E-state index contributed by atoms with van der Waals surface area (Å²) >= 11 is 0. The Labute approximate surface area is 90.9 Å². The zero-order valence-corrected chi connectivity index (χ0v) is 9.31. The minimum Gasteiger partial charge on any atom is -0.368 e. The van der Waals surface area contributed by atoms with E-state index in [1.807, 2.05) is 37.2 Å². The third kappa shape index (κ3) is 3.72. The first-order valence-electron chi connectivity index (χ1n) is 5.11. The van der Waals surface area contributed by atoms with Crippen molar-refractivity contribution in [3.63, 3.8) is 0 Å². The van der Waals surface area contributed by atoms with Gasteiger partial charge < -0.3 is 5.73 Å². The van der Waals surface area contributed by atoms with Crippen molar-refractivity contribution in [2.75, 3.05) is 14.1 Å². The highest BCUT2D eigenvalue weighted by atomic mass is 16.1. The van der Waals surface area contributed by atoms with Gasteiger partial charge in [0.25, 0.3) is 0 Å². The van der Waals surface area contributed by atoms with Gasteiger partial charge in [-0.15, -0.1) is 0 Å². The summed E-state index contributed by atoms with van der Waals surface area (Å²) in [5, 5.41) is 0. The van der Waals surface area contributed by atoms with Crippen LogP contribution in [0.4, 0.5) is 0 Å². The van der Waals surface area contributed by atoms with Crippen LogP contribution in [0.2, 0.25) is 0 Å². The molecule has 0 aromatic heterocycles. The van der Waals surface area contributed by atoms with Crippen molar-refractivity contribution in [3.05, 3.63) is 35.9 Å². The normalized spacial score (nSPS) is 12.7. The molecule has 82 valence electrons. The number of carbonyl (C=O) groups is 1. The molecule has 1 amide bonds. The van der Waals surface area contributed by atoms with Gasteiger partial charge in [-0.2, -0.15) is 0 Å². The van der Waals surface area contributed by atoms with Gasteiger partial charge in [-0.1, -0.05) is 30.3 Å². The number of primary amides is 1. The second kappa shape index (κ2) is 5.51. The van der Waals surface area contributed by atoms with E-state index in [4.69, 9.17) is 5.73 Å². The molecular weight excluding hydrogens is 188 g/mol. The molecule has 15 heavy (non-hydrogen) atoms. The molecule has 0 aliphatic carbocycles. The average Bonchev–Trinajstić information content (AvgIpc) is 2.18. The van der Waals surface area contributed by atoms with Crippen molar-refractivity contribution in [2.45, 2.75) is 18.9 Å². The van der Waals surface area contributed by atoms with Crippen LogP contribution in [0, 0.1) is 0 Å². The van der Waals surface area contributed by atoms with E-state index in [0.29, 0.717) is 0 Å². The highest BCUT2D eigenvalue weighted by Gasteiger charge is 2.16. The van der Waals surface area contributed by atoms with E-state index < -0.39 is 0 Å². The standard InChI is InChI=1S/C12H18N2O/c1-14(2)11(12(13)15)9-8-10-6-4-3-5-7-10/h3-7,11H,8-9H2,1-2H3,(H2,13,15). The van der Waals surface area contributed by atoms with Crippen LogP contribution in [-0.4, -0.2) is 30.9 Å². The molecule has 1 rings (SSSR count). The lowest BCUT2D eigenvalue weighted by Crippen LogP contribution is -2.40. The van der Waals surface area contributed by atoms with Crippen molar-refractivity contribution in [1.82, 2.24) is 4.90 Å². The third-order valence-corrected chi connectivity index (χ3v) is 2.50. The van der Waals surface area contributed by atoms with E-state index in [9.17, 15) is 4.79 Å². The van der Waals surface area contributed by atoms with E-state index in [1.54, 1.807) is 0 Å². The SMILES string of the molecule is CN(C)C(CCc1ccccc1)C(N)=O. The summed E-state index contributed by atoms with van der Waals surface area (Å²) < 4.78 is 0. The molecule has 1 aromatic rings. The van der Waals surface area contributed by atoms with Gasteiger partial charge in [0.15, 0.2) is 0 Å². The van der Waals surface area contributed by atoms with Crippen molar-refractivity contribution < 1.29 is 4.79 Å². The van der Waals surface area contributed by atoms with Crippen LogP contribution in [0.1, 0.15) is 12.0 Å². The van der Waals surface area contributed by atoms with Crippen molar-refractivity contribution in [2.24, 2.45) is 5.73 Å². The molecule has 0 radical (unpaired) electrons. The number of amides is 1. The highest BCUT2D eigenvalue weighted by molar-refractivity contribution is 5.79. The number of likely N-dealkylation sites (N-methyl/N-ethyl adjacent to an activating group) is 1. The predicted octanol–water partition coefficient (Wildman–Crippen LogP) is 1.03. The quantitative estimate of drug-likeness (QED) is 0.782. The van der Waals surface area contributed by atoms with Gasteiger partial charge in [0, 0.05) is 0 Å². The molecule has 0 saturated heterocycles. The predicted molar refractivity (Wildman–Crippen MR) is 61.4 cm³/mol. The lowest BCUT2D eigenvalue weighted by molar-refractivity contribution is -0.122. The highest BCUT2D eigenvalue weighted by Crippen LogP contribution is 2.07. The minimum atomic E-state index is -0.254. The van der Waals surface area contributed by atoms with Crippen molar-refractivity contribution in [1.29, 1.82) is 0 Å². The Balaban J connectivity index is 2.51. The molecule has 0 heterocycles. The maximum absolute atomic E-state index is 11.1. The molecule has 0 fully saturated rings. The van der Waals surface area contributed by atoms with E-state index in [-0.39, 0.29) is 11.9 Å². The largest absolute Gasteiger partial charge is 0.368 e. The molecule has 1 unspecified atom stereocenters. The number of benzene rings is 1. The summed E-state index contributed by atoms with van der Waals surface area (Å²) in [4.78, 5) is 13.0. The second-order valence-electron chi connectivity index (χ2n) is 3.91. The number of hydrogen-bond donors (Lipinski definition) is 1. The number of nitrogens with zero attached hydrogens (tertiary/aromatic N) is 1. The third-order valence-electron chi connectivity index (χ3n) is 2.50. The van der Waals surface area contributed by atoms with Gasteiger partial charge in [-0.05, 0) is 32.5 Å². The van der Waals surface area contributed by atoms with Gasteiger partial charge in [0.2, 0.25) is 5.91 Å². The zero-order valence-electron chi connectivity index (χ0n) is 9.31. The zero-order chi connectivity index (χ0) is 11.3. The van der Waals surface area contributed by atoms with Gasteiger partial charge >= 0.3 is 0 Å². The molecule has 1 aromatic carbocycles. The molecule has 0 aliphatic heterocycles. The number of nitrogens with two attached hydrogens (primary N) is 1. The van der Waals surface area contributed by atoms with Crippen LogP contribution < -0.4 is 5.73 Å². The topological polar surface area (TPSA) is 46.3 Å². The van der Waals surface area contributed by atoms with Gasteiger partial charge in [0.1, 0.15) is 0 Å². The molecule has 0 aliphatic rings. The Kier molecular flexibility index (Phi) is 4.31. The van der Waals surface area contributed by atoms with Crippen LogP contribution in [0.3, 0.4) is 0 Å². The fourth-order valence-corrected chi connectivity index (χ4v) is 1.60. The van der Waals surface area contributed by atoms with E-state index in [2.05, 4.69) is 12.1 Å². The van der Waals surface area contributed by atoms with Crippen LogP contribution in [0.5, 0.6) is 0 Å². The molecule has 3 heteroatoms.